The highest BCUT2D eigenvalue weighted by Crippen LogP contribution is 2.63. The molecule has 4 aliphatic rings. The number of fused-ring (bicyclic) bond motifs is 5. The molecule has 0 aliphatic heterocycles. The average Bonchev–Trinajstić information content (AvgIpc) is 2.82. The highest BCUT2D eigenvalue weighted by molar-refractivity contribution is 5.87. The highest BCUT2D eigenvalue weighted by atomic mass is 16.3. The number of aldehydes is 1. The lowest BCUT2D eigenvalue weighted by atomic mass is 9.48. The first-order valence-electron chi connectivity index (χ1n) is 8.61. The van der Waals surface area contributed by atoms with Crippen molar-refractivity contribution in [2.45, 2.75) is 51.9 Å². The van der Waals surface area contributed by atoms with Crippen LogP contribution in [0.3, 0.4) is 0 Å². The predicted molar refractivity (Wildman–Crippen MR) is 83.2 cm³/mol. The van der Waals surface area contributed by atoms with Crippen molar-refractivity contribution < 1.29 is 14.7 Å². The first-order valence-corrected chi connectivity index (χ1v) is 8.61. The predicted octanol–water partition coefficient (Wildman–Crippen LogP) is 3.75. The van der Waals surface area contributed by atoms with Crippen molar-refractivity contribution in [1.29, 1.82) is 0 Å². The average molecular weight is 300 g/mol. The van der Waals surface area contributed by atoms with Gasteiger partial charge in [-0.3, -0.25) is 4.79 Å². The first kappa shape index (κ1) is 14.2. The van der Waals surface area contributed by atoms with Crippen molar-refractivity contribution in [1.82, 2.24) is 0 Å². The van der Waals surface area contributed by atoms with Crippen LogP contribution in [0, 0.1) is 28.6 Å². The lowest BCUT2D eigenvalue weighted by Crippen LogP contribution is -2.51. The SMILES string of the molecule is C[C@]12CC[C@H]3[C@@H](CCC4=CC(O)=CC[C@@]43C=O)[C@@H]1CCC2=O. The van der Waals surface area contributed by atoms with Crippen molar-refractivity contribution in [2.24, 2.45) is 28.6 Å². The second-order valence-corrected chi connectivity index (χ2v) is 7.99. The van der Waals surface area contributed by atoms with Crippen LogP contribution in [0.25, 0.3) is 0 Å². The van der Waals surface area contributed by atoms with Crippen LogP contribution in [-0.2, 0) is 9.59 Å². The standard InChI is InChI=1S/C19H24O3/c1-18-8-7-16-14(15(18)4-5-17(18)22)3-2-12-10-13(21)6-9-19(12,16)11-20/h6,10-11,14-16,21H,2-5,7-9H2,1H3/t14-,15-,16-,18-,19+/m0/s1. The lowest BCUT2D eigenvalue weighted by Gasteiger charge is -2.55. The molecule has 0 aromatic rings. The van der Waals surface area contributed by atoms with Gasteiger partial charge in [-0.2, -0.15) is 0 Å². The summed E-state index contributed by atoms with van der Waals surface area (Å²) in [5.41, 5.74) is 0.568. The Kier molecular flexibility index (Phi) is 2.95. The largest absolute Gasteiger partial charge is 0.508 e. The van der Waals surface area contributed by atoms with Gasteiger partial charge in [-0.05, 0) is 68.4 Å². The van der Waals surface area contributed by atoms with Crippen molar-refractivity contribution in [3.05, 3.63) is 23.5 Å². The minimum Gasteiger partial charge on any atom is -0.508 e. The molecular weight excluding hydrogens is 276 g/mol. The van der Waals surface area contributed by atoms with E-state index >= 15 is 0 Å². The molecule has 0 aromatic heterocycles. The molecule has 4 rings (SSSR count). The second-order valence-electron chi connectivity index (χ2n) is 7.99. The Hall–Kier alpha value is -1.38. The Morgan fingerprint density at radius 1 is 1.23 bits per heavy atom. The number of carbonyl (C=O) groups excluding carboxylic acids is 2. The molecule has 0 amide bonds. The Labute approximate surface area is 131 Å². The van der Waals surface area contributed by atoms with Crippen molar-refractivity contribution in [3.8, 4) is 0 Å². The summed E-state index contributed by atoms with van der Waals surface area (Å²) in [5.74, 6) is 2.04. The normalized spacial score (nSPS) is 47.0. The molecule has 0 unspecified atom stereocenters. The summed E-state index contributed by atoms with van der Waals surface area (Å²) in [4.78, 5) is 24.5. The van der Waals surface area contributed by atoms with Gasteiger partial charge in [0.2, 0.25) is 0 Å². The fraction of sp³-hybridized carbons (Fsp3) is 0.684. The zero-order valence-corrected chi connectivity index (χ0v) is 13.2. The quantitative estimate of drug-likeness (QED) is 0.750. The Morgan fingerprint density at radius 2 is 2.05 bits per heavy atom. The van der Waals surface area contributed by atoms with Crippen LogP contribution >= 0.6 is 0 Å². The minimum absolute atomic E-state index is 0.140. The molecule has 0 spiro atoms. The van der Waals surface area contributed by atoms with E-state index in [1.54, 1.807) is 6.08 Å². The summed E-state index contributed by atoms with van der Waals surface area (Å²) in [6.45, 7) is 2.16. The van der Waals surface area contributed by atoms with Crippen LogP contribution in [-0.4, -0.2) is 17.2 Å². The van der Waals surface area contributed by atoms with Gasteiger partial charge in [0.25, 0.3) is 0 Å². The van der Waals surface area contributed by atoms with Crippen molar-refractivity contribution in [2.75, 3.05) is 0 Å². The molecule has 0 radical (unpaired) electrons. The molecule has 3 fully saturated rings. The summed E-state index contributed by atoms with van der Waals surface area (Å²) in [7, 11) is 0. The third kappa shape index (κ3) is 1.63. The van der Waals surface area contributed by atoms with E-state index in [0.29, 0.717) is 35.7 Å². The number of Topliss-reactive ketones (excluding diaryl/α,β-unsaturated/α-hetero) is 1. The van der Waals surface area contributed by atoms with E-state index in [4.69, 9.17) is 0 Å². The van der Waals surface area contributed by atoms with Gasteiger partial charge in [-0.25, -0.2) is 0 Å². The maximum Gasteiger partial charge on any atom is 0.139 e. The second kappa shape index (κ2) is 4.56. The highest BCUT2D eigenvalue weighted by Gasteiger charge is 2.59. The number of rotatable bonds is 1. The third-order valence-electron chi connectivity index (χ3n) is 7.33. The van der Waals surface area contributed by atoms with E-state index in [2.05, 4.69) is 6.92 Å². The summed E-state index contributed by atoms with van der Waals surface area (Å²) < 4.78 is 0. The van der Waals surface area contributed by atoms with Crippen LogP contribution in [0.5, 0.6) is 0 Å². The van der Waals surface area contributed by atoms with Crippen LogP contribution in [0.2, 0.25) is 0 Å². The molecular formula is C19H24O3. The molecule has 0 aromatic carbocycles. The van der Waals surface area contributed by atoms with Gasteiger partial charge < -0.3 is 9.90 Å². The molecule has 3 heteroatoms. The molecule has 118 valence electrons. The Balaban J connectivity index is 1.73. The van der Waals surface area contributed by atoms with Gasteiger partial charge in [0.15, 0.2) is 0 Å². The number of hydrogen-bond donors (Lipinski definition) is 1. The van der Waals surface area contributed by atoms with Gasteiger partial charge in [0.1, 0.15) is 17.8 Å². The van der Waals surface area contributed by atoms with Crippen LogP contribution in [0.15, 0.2) is 23.5 Å². The fourth-order valence-corrected chi connectivity index (χ4v) is 6.10. The fourth-order valence-electron chi connectivity index (χ4n) is 6.10. The van der Waals surface area contributed by atoms with Crippen molar-refractivity contribution >= 4 is 12.1 Å². The van der Waals surface area contributed by atoms with E-state index in [0.717, 1.165) is 50.4 Å². The number of aliphatic hydroxyl groups excluding tert-OH is 1. The number of carbonyl (C=O) groups is 2. The summed E-state index contributed by atoms with van der Waals surface area (Å²) in [6.07, 6.45) is 11.0. The van der Waals surface area contributed by atoms with E-state index in [9.17, 15) is 14.7 Å². The first-order chi connectivity index (χ1) is 10.5. The maximum atomic E-state index is 12.4. The Morgan fingerprint density at radius 3 is 2.82 bits per heavy atom. The molecule has 1 N–H and O–H groups in total. The number of ketones is 1. The van der Waals surface area contributed by atoms with E-state index in [-0.39, 0.29) is 5.41 Å². The lowest BCUT2D eigenvalue weighted by molar-refractivity contribution is -0.134. The number of aliphatic hydroxyl groups is 1. The molecule has 5 atom stereocenters. The molecule has 3 nitrogen and oxygen atoms in total. The van der Waals surface area contributed by atoms with E-state index < -0.39 is 5.41 Å². The van der Waals surface area contributed by atoms with Gasteiger partial charge in [0.05, 0.1) is 5.41 Å². The summed E-state index contributed by atoms with van der Waals surface area (Å²) in [5, 5.41) is 9.80. The zero-order valence-electron chi connectivity index (χ0n) is 13.2. The molecule has 0 saturated heterocycles. The van der Waals surface area contributed by atoms with Crippen LogP contribution < -0.4 is 0 Å². The van der Waals surface area contributed by atoms with Gasteiger partial charge in [-0.1, -0.05) is 12.5 Å². The maximum absolute atomic E-state index is 12.4. The van der Waals surface area contributed by atoms with Gasteiger partial charge in [-0.15, -0.1) is 0 Å². The monoisotopic (exact) mass is 300 g/mol. The van der Waals surface area contributed by atoms with Crippen LogP contribution in [0.4, 0.5) is 0 Å². The molecule has 22 heavy (non-hydrogen) atoms. The number of hydrogen-bond acceptors (Lipinski definition) is 3. The van der Waals surface area contributed by atoms with E-state index in [1.807, 2.05) is 6.08 Å². The van der Waals surface area contributed by atoms with Gasteiger partial charge >= 0.3 is 0 Å². The summed E-state index contributed by atoms with van der Waals surface area (Å²) in [6, 6.07) is 0. The van der Waals surface area contributed by atoms with Crippen molar-refractivity contribution in [3.63, 3.8) is 0 Å². The smallest absolute Gasteiger partial charge is 0.139 e. The summed E-state index contributed by atoms with van der Waals surface area (Å²) >= 11 is 0. The molecule has 0 bridgehead atoms. The Bertz CT molecular complexity index is 602. The van der Waals surface area contributed by atoms with E-state index in [1.165, 1.54) is 0 Å². The third-order valence-corrected chi connectivity index (χ3v) is 7.33. The van der Waals surface area contributed by atoms with Crippen LogP contribution in [0.1, 0.15) is 51.9 Å². The minimum atomic E-state index is -0.415. The zero-order chi connectivity index (χ0) is 15.5. The molecule has 0 heterocycles. The van der Waals surface area contributed by atoms with Gasteiger partial charge in [0, 0.05) is 11.8 Å². The molecule has 3 saturated carbocycles. The molecule has 4 aliphatic carbocycles. The topological polar surface area (TPSA) is 54.4 Å². The number of allylic oxidation sites excluding steroid dienone is 3.